The minimum Gasteiger partial charge on any atom is -0.491 e. The molecule has 2 aromatic rings. The fraction of sp³-hybridized carbons (Fsp3) is 0.235. The number of rotatable bonds is 7. The summed E-state index contributed by atoms with van der Waals surface area (Å²) in [7, 11) is 0. The molecule has 0 saturated heterocycles. The summed E-state index contributed by atoms with van der Waals surface area (Å²) in [6, 6.07) is 11.9. The Labute approximate surface area is 142 Å². The Morgan fingerprint density at radius 1 is 1.04 bits per heavy atom. The Kier molecular flexibility index (Phi) is 5.87. The van der Waals surface area contributed by atoms with E-state index < -0.39 is 12.4 Å². The standard InChI is InChI=1S/C17H16F3NO4/c1-12(21(23)11-22)10-24-15-6-2-13(3-7-15)14-4-8-16(9-5-14)25-17(18,19)20/h2-9,11-12,23H,10H2,1H3. The number of ether oxygens (including phenoxy) is 2. The quantitative estimate of drug-likeness (QED) is 0.465. The third kappa shape index (κ3) is 5.68. The van der Waals surface area contributed by atoms with Gasteiger partial charge in [0.1, 0.15) is 18.1 Å². The molecule has 2 rings (SSSR count). The fourth-order valence-electron chi connectivity index (χ4n) is 1.99. The summed E-state index contributed by atoms with van der Waals surface area (Å²) in [6.45, 7) is 1.73. The zero-order valence-electron chi connectivity index (χ0n) is 13.2. The zero-order valence-corrected chi connectivity index (χ0v) is 13.2. The number of carbonyl (C=O) groups is 1. The van der Waals surface area contributed by atoms with Gasteiger partial charge in [0.05, 0.1) is 6.04 Å². The number of carbonyl (C=O) groups excluding carboxylic acids is 1. The maximum atomic E-state index is 12.1. The summed E-state index contributed by atoms with van der Waals surface area (Å²) in [5.41, 5.74) is 1.51. The first-order chi connectivity index (χ1) is 11.8. The largest absolute Gasteiger partial charge is 0.573 e. The molecule has 1 unspecified atom stereocenters. The van der Waals surface area contributed by atoms with Crippen molar-refractivity contribution in [3.8, 4) is 22.6 Å². The summed E-state index contributed by atoms with van der Waals surface area (Å²) in [6.07, 6.45) is -4.42. The number of hydrogen-bond donors (Lipinski definition) is 1. The third-order valence-electron chi connectivity index (χ3n) is 3.33. The van der Waals surface area contributed by atoms with Crippen LogP contribution in [0.5, 0.6) is 11.5 Å². The van der Waals surface area contributed by atoms with Gasteiger partial charge >= 0.3 is 6.36 Å². The molecule has 0 aliphatic rings. The summed E-state index contributed by atoms with van der Waals surface area (Å²) >= 11 is 0. The van der Waals surface area contributed by atoms with Crippen LogP contribution in [0.4, 0.5) is 13.2 Å². The number of nitrogens with zero attached hydrogens (tertiary/aromatic N) is 1. The topological polar surface area (TPSA) is 59.0 Å². The zero-order chi connectivity index (χ0) is 18.4. The van der Waals surface area contributed by atoms with E-state index in [0.717, 1.165) is 11.1 Å². The van der Waals surface area contributed by atoms with Gasteiger partial charge < -0.3 is 9.47 Å². The van der Waals surface area contributed by atoms with E-state index in [1.54, 1.807) is 31.2 Å². The van der Waals surface area contributed by atoms with Crippen molar-refractivity contribution in [2.45, 2.75) is 19.3 Å². The van der Waals surface area contributed by atoms with E-state index in [9.17, 15) is 23.2 Å². The molecule has 25 heavy (non-hydrogen) atoms. The van der Waals surface area contributed by atoms with E-state index >= 15 is 0 Å². The lowest BCUT2D eigenvalue weighted by Crippen LogP contribution is -2.33. The van der Waals surface area contributed by atoms with Gasteiger partial charge in [-0.2, -0.15) is 0 Å². The van der Waals surface area contributed by atoms with Crippen molar-refractivity contribution in [2.75, 3.05) is 6.61 Å². The van der Waals surface area contributed by atoms with Gasteiger partial charge in [-0.15, -0.1) is 13.2 Å². The van der Waals surface area contributed by atoms with Crippen LogP contribution < -0.4 is 9.47 Å². The molecule has 0 radical (unpaired) electrons. The van der Waals surface area contributed by atoms with Crippen LogP contribution >= 0.6 is 0 Å². The first kappa shape index (κ1) is 18.6. The Morgan fingerprint density at radius 3 is 1.96 bits per heavy atom. The van der Waals surface area contributed by atoms with Crippen molar-refractivity contribution >= 4 is 6.41 Å². The summed E-state index contributed by atoms with van der Waals surface area (Å²) in [4.78, 5) is 10.4. The van der Waals surface area contributed by atoms with Crippen LogP contribution in [0.3, 0.4) is 0 Å². The fourth-order valence-corrected chi connectivity index (χ4v) is 1.99. The highest BCUT2D eigenvalue weighted by Gasteiger charge is 2.30. The molecule has 2 aromatic carbocycles. The van der Waals surface area contributed by atoms with E-state index in [2.05, 4.69) is 4.74 Å². The second kappa shape index (κ2) is 7.89. The maximum absolute atomic E-state index is 12.1. The molecule has 5 nitrogen and oxygen atoms in total. The molecule has 0 aromatic heterocycles. The summed E-state index contributed by atoms with van der Waals surface area (Å²) in [5.74, 6) is 0.251. The van der Waals surface area contributed by atoms with Crippen LogP contribution in [-0.2, 0) is 4.79 Å². The number of benzene rings is 2. The van der Waals surface area contributed by atoms with Gasteiger partial charge in [-0.25, -0.2) is 5.06 Å². The molecule has 8 heteroatoms. The number of halogens is 3. The van der Waals surface area contributed by atoms with Crippen LogP contribution in [0.1, 0.15) is 6.92 Å². The first-order valence-electron chi connectivity index (χ1n) is 7.30. The molecule has 0 saturated carbocycles. The van der Waals surface area contributed by atoms with Crippen LogP contribution in [0.2, 0.25) is 0 Å². The SMILES string of the molecule is CC(COc1ccc(-c2ccc(OC(F)(F)F)cc2)cc1)N(O)C=O. The van der Waals surface area contributed by atoms with Crippen molar-refractivity contribution in [3.63, 3.8) is 0 Å². The highest BCUT2D eigenvalue weighted by atomic mass is 19.4. The lowest BCUT2D eigenvalue weighted by atomic mass is 10.1. The monoisotopic (exact) mass is 355 g/mol. The van der Waals surface area contributed by atoms with Crippen molar-refractivity contribution < 1.29 is 32.6 Å². The maximum Gasteiger partial charge on any atom is 0.573 e. The van der Waals surface area contributed by atoms with Crippen molar-refractivity contribution in [1.29, 1.82) is 0 Å². The Hall–Kier alpha value is -2.74. The second-order valence-electron chi connectivity index (χ2n) is 5.24. The summed E-state index contributed by atoms with van der Waals surface area (Å²) in [5, 5.41) is 9.71. The molecule has 0 bridgehead atoms. The van der Waals surface area contributed by atoms with Crippen LogP contribution in [0, 0.1) is 0 Å². The Bertz CT molecular complexity index is 687. The van der Waals surface area contributed by atoms with Crippen LogP contribution in [0.25, 0.3) is 11.1 Å². The number of amides is 1. The van der Waals surface area contributed by atoms with Gasteiger partial charge in [0, 0.05) is 0 Å². The lowest BCUT2D eigenvalue weighted by Gasteiger charge is -2.18. The molecule has 134 valence electrons. The predicted molar refractivity (Wildman–Crippen MR) is 83.2 cm³/mol. The van der Waals surface area contributed by atoms with Crippen LogP contribution in [-0.4, -0.2) is 35.7 Å². The van der Waals surface area contributed by atoms with Crippen LogP contribution in [0.15, 0.2) is 48.5 Å². The smallest absolute Gasteiger partial charge is 0.491 e. The molecule has 0 heterocycles. The average Bonchev–Trinajstić information content (AvgIpc) is 2.58. The van der Waals surface area contributed by atoms with Crippen molar-refractivity contribution in [1.82, 2.24) is 5.06 Å². The molecule has 0 aliphatic heterocycles. The van der Waals surface area contributed by atoms with Crippen molar-refractivity contribution in [3.05, 3.63) is 48.5 Å². The minimum absolute atomic E-state index is 0.109. The molecular weight excluding hydrogens is 339 g/mol. The molecule has 0 aliphatic carbocycles. The number of alkyl halides is 3. The Balaban J connectivity index is 1.98. The molecular formula is C17H16F3NO4. The molecule has 1 N–H and O–H groups in total. The predicted octanol–water partition coefficient (Wildman–Crippen LogP) is 3.87. The van der Waals surface area contributed by atoms with Gasteiger partial charge in [-0.1, -0.05) is 24.3 Å². The van der Waals surface area contributed by atoms with E-state index in [1.807, 2.05) is 0 Å². The average molecular weight is 355 g/mol. The normalized spacial score (nSPS) is 12.4. The van der Waals surface area contributed by atoms with Gasteiger partial charge in [0.2, 0.25) is 6.41 Å². The highest BCUT2D eigenvalue weighted by molar-refractivity contribution is 5.64. The van der Waals surface area contributed by atoms with Gasteiger partial charge in [0.25, 0.3) is 0 Å². The molecule has 0 spiro atoms. The molecule has 1 atom stereocenters. The molecule has 0 fully saturated rings. The number of hydroxylamine groups is 2. The second-order valence-corrected chi connectivity index (χ2v) is 5.24. The highest BCUT2D eigenvalue weighted by Crippen LogP contribution is 2.27. The van der Waals surface area contributed by atoms with Gasteiger partial charge in [0.15, 0.2) is 0 Å². The van der Waals surface area contributed by atoms with E-state index in [-0.39, 0.29) is 12.4 Å². The lowest BCUT2D eigenvalue weighted by molar-refractivity contribution is -0.274. The van der Waals surface area contributed by atoms with Gasteiger partial charge in [-0.3, -0.25) is 10.0 Å². The Morgan fingerprint density at radius 2 is 1.52 bits per heavy atom. The van der Waals surface area contributed by atoms with Gasteiger partial charge in [-0.05, 0) is 42.3 Å². The van der Waals surface area contributed by atoms with E-state index in [4.69, 9.17) is 4.74 Å². The summed E-state index contributed by atoms with van der Waals surface area (Å²) < 4.78 is 45.7. The number of hydrogen-bond acceptors (Lipinski definition) is 4. The first-order valence-corrected chi connectivity index (χ1v) is 7.30. The van der Waals surface area contributed by atoms with E-state index in [0.29, 0.717) is 17.2 Å². The molecule has 1 amide bonds. The van der Waals surface area contributed by atoms with E-state index in [1.165, 1.54) is 24.3 Å². The van der Waals surface area contributed by atoms with Crippen molar-refractivity contribution in [2.24, 2.45) is 0 Å². The minimum atomic E-state index is -4.72. The third-order valence-corrected chi connectivity index (χ3v) is 3.33.